The fourth-order valence-electron chi connectivity index (χ4n) is 3.09. The lowest BCUT2D eigenvalue weighted by Gasteiger charge is -2.37. The number of carbonyl (C=O) groups is 1. The van der Waals surface area contributed by atoms with Gasteiger partial charge < -0.3 is 0 Å². The van der Waals surface area contributed by atoms with Crippen LogP contribution in [0, 0.1) is 17.3 Å². The first-order valence-corrected chi connectivity index (χ1v) is 9.23. The summed E-state index contributed by atoms with van der Waals surface area (Å²) in [4.78, 5) is 12.1. The summed E-state index contributed by atoms with van der Waals surface area (Å²) in [5.74, 6) is 1.48. The molecule has 0 amide bonds. The zero-order valence-corrected chi connectivity index (χ0v) is 13.6. The fraction of sp³-hybridized carbons (Fsp3) is 0.933. The molecule has 0 aliphatic heterocycles. The number of ketones is 1. The first-order valence-electron chi connectivity index (χ1n) is 7.41. The molecule has 0 bridgehead atoms. The van der Waals surface area contributed by atoms with Crippen molar-refractivity contribution in [3.8, 4) is 0 Å². The predicted octanol–water partition coefficient (Wildman–Crippen LogP) is 3.23. The molecule has 0 aromatic heterocycles. The smallest absolute Gasteiger partial charge is 0.150 e. The molecule has 19 heavy (non-hydrogen) atoms. The molecule has 0 aromatic carbocycles. The minimum absolute atomic E-state index is 0.0690. The van der Waals surface area contributed by atoms with Crippen molar-refractivity contribution in [3.05, 3.63) is 0 Å². The van der Waals surface area contributed by atoms with Gasteiger partial charge in [-0.05, 0) is 37.0 Å². The molecule has 0 N–H and O–H groups in total. The lowest BCUT2D eigenvalue weighted by Crippen LogP contribution is -2.35. The normalized spacial score (nSPS) is 25.6. The average molecular weight is 288 g/mol. The summed E-state index contributed by atoms with van der Waals surface area (Å²) >= 11 is 0. The van der Waals surface area contributed by atoms with E-state index in [1.807, 2.05) is 0 Å². The Balaban J connectivity index is 2.54. The molecule has 1 aliphatic rings. The van der Waals surface area contributed by atoms with Crippen LogP contribution < -0.4 is 0 Å². The van der Waals surface area contributed by atoms with Crippen LogP contribution in [-0.4, -0.2) is 25.7 Å². The van der Waals surface area contributed by atoms with Gasteiger partial charge in [-0.15, -0.1) is 0 Å². The quantitative estimate of drug-likeness (QED) is 0.754. The van der Waals surface area contributed by atoms with Crippen LogP contribution in [0.4, 0.5) is 0 Å². The molecule has 3 nitrogen and oxygen atoms in total. The van der Waals surface area contributed by atoms with Crippen LogP contribution in [0.5, 0.6) is 0 Å². The minimum atomic E-state index is -2.88. The summed E-state index contributed by atoms with van der Waals surface area (Å²) in [6.07, 6.45) is 4.27. The van der Waals surface area contributed by atoms with Crippen LogP contribution in [0.25, 0.3) is 0 Å². The molecule has 0 radical (unpaired) electrons. The highest BCUT2D eigenvalue weighted by Gasteiger charge is 2.37. The van der Waals surface area contributed by atoms with Crippen molar-refractivity contribution in [2.45, 2.75) is 59.8 Å². The number of rotatable bonds is 6. The highest BCUT2D eigenvalue weighted by atomic mass is 32.2. The van der Waals surface area contributed by atoms with Crippen LogP contribution in [0.15, 0.2) is 0 Å². The second-order valence-corrected chi connectivity index (χ2v) is 9.21. The van der Waals surface area contributed by atoms with E-state index in [4.69, 9.17) is 0 Å². The van der Waals surface area contributed by atoms with Crippen molar-refractivity contribution >= 4 is 15.6 Å². The standard InChI is InChI=1S/C15H28O3S/c1-5-19(17,18)10-6-9-15(3,4)13-8-7-12(2)11-14(13)16/h12-13H,5-11H2,1-4H3. The third kappa shape index (κ3) is 4.90. The van der Waals surface area contributed by atoms with Crippen LogP contribution in [0.3, 0.4) is 0 Å². The zero-order chi connectivity index (χ0) is 14.7. The first-order chi connectivity index (χ1) is 8.68. The van der Waals surface area contributed by atoms with E-state index in [0.29, 0.717) is 24.5 Å². The van der Waals surface area contributed by atoms with Gasteiger partial charge >= 0.3 is 0 Å². The van der Waals surface area contributed by atoms with Crippen LogP contribution >= 0.6 is 0 Å². The van der Waals surface area contributed by atoms with E-state index in [0.717, 1.165) is 19.3 Å². The molecule has 1 saturated carbocycles. The molecule has 0 aromatic rings. The van der Waals surface area contributed by atoms with Gasteiger partial charge in [0.2, 0.25) is 0 Å². The predicted molar refractivity (Wildman–Crippen MR) is 78.9 cm³/mol. The average Bonchev–Trinajstić information content (AvgIpc) is 2.27. The van der Waals surface area contributed by atoms with Crippen molar-refractivity contribution < 1.29 is 13.2 Å². The van der Waals surface area contributed by atoms with Crippen molar-refractivity contribution in [2.24, 2.45) is 17.3 Å². The highest BCUT2D eigenvalue weighted by Crippen LogP contribution is 2.40. The molecule has 0 saturated heterocycles. The van der Waals surface area contributed by atoms with Gasteiger partial charge in [-0.2, -0.15) is 0 Å². The Hall–Kier alpha value is -0.380. The molecule has 0 heterocycles. The van der Waals surface area contributed by atoms with Crippen molar-refractivity contribution in [1.29, 1.82) is 0 Å². The molecule has 2 unspecified atom stereocenters. The third-order valence-electron chi connectivity index (χ3n) is 4.55. The monoisotopic (exact) mass is 288 g/mol. The van der Waals surface area contributed by atoms with E-state index in [2.05, 4.69) is 20.8 Å². The van der Waals surface area contributed by atoms with E-state index < -0.39 is 9.84 Å². The third-order valence-corrected chi connectivity index (χ3v) is 6.34. The van der Waals surface area contributed by atoms with E-state index in [1.54, 1.807) is 6.92 Å². The fourth-order valence-corrected chi connectivity index (χ4v) is 3.97. The molecule has 0 spiro atoms. The number of Topliss-reactive ketones (excluding diaryl/α,β-unsaturated/α-hetero) is 1. The summed E-state index contributed by atoms with van der Waals surface area (Å²) in [5.41, 5.74) is -0.0690. The lowest BCUT2D eigenvalue weighted by atomic mass is 9.66. The molecular formula is C15H28O3S. The summed E-state index contributed by atoms with van der Waals surface area (Å²) in [6.45, 7) is 8.05. The Labute approximate surface area is 118 Å². The van der Waals surface area contributed by atoms with Crippen molar-refractivity contribution in [2.75, 3.05) is 11.5 Å². The number of hydrogen-bond donors (Lipinski definition) is 0. The number of sulfone groups is 1. The lowest BCUT2D eigenvalue weighted by molar-refractivity contribution is -0.130. The maximum atomic E-state index is 12.1. The number of hydrogen-bond acceptors (Lipinski definition) is 3. The van der Waals surface area contributed by atoms with Crippen LogP contribution in [-0.2, 0) is 14.6 Å². The molecule has 2 atom stereocenters. The van der Waals surface area contributed by atoms with Gasteiger partial charge in [0.15, 0.2) is 0 Å². The Morgan fingerprint density at radius 2 is 1.89 bits per heavy atom. The Bertz CT molecular complexity index is 409. The van der Waals surface area contributed by atoms with E-state index in [1.165, 1.54) is 0 Å². The van der Waals surface area contributed by atoms with E-state index >= 15 is 0 Å². The van der Waals surface area contributed by atoms with Gasteiger partial charge in [0.1, 0.15) is 15.6 Å². The highest BCUT2D eigenvalue weighted by molar-refractivity contribution is 7.91. The van der Waals surface area contributed by atoms with E-state index in [-0.39, 0.29) is 22.8 Å². The van der Waals surface area contributed by atoms with Crippen molar-refractivity contribution in [3.63, 3.8) is 0 Å². The summed E-state index contributed by atoms with van der Waals surface area (Å²) in [7, 11) is -2.88. The molecule has 4 heteroatoms. The SMILES string of the molecule is CCS(=O)(=O)CCCC(C)(C)C1CCC(C)CC1=O. The van der Waals surface area contributed by atoms with Crippen molar-refractivity contribution in [1.82, 2.24) is 0 Å². The van der Waals surface area contributed by atoms with Gasteiger partial charge in [-0.1, -0.05) is 27.7 Å². The molecule has 1 aliphatic carbocycles. The largest absolute Gasteiger partial charge is 0.299 e. The Morgan fingerprint density at radius 3 is 2.42 bits per heavy atom. The number of carbonyl (C=O) groups excluding carboxylic acids is 1. The van der Waals surface area contributed by atoms with Gasteiger partial charge in [0.25, 0.3) is 0 Å². The maximum Gasteiger partial charge on any atom is 0.150 e. The Kier molecular flexibility index (Phi) is 5.60. The zero-order valence-electron chi connectivity index (χ0n) is 12.7. The summed E-state index contributed by atoms with van der Waals surface area (Å²) in [5, 5.41) is 0. The van der Waals surface area contributed by atoms with E-state index in [9.17, 15) is 13.2 Å². The Morgan fingerprint density at radius 1 is 1.26 bits per heavy atom. The summed E-state index contributed by atoms with van der Waals surface area (Å²) < 4.78 is 23.0. The van der Waals surface area contributed by atoms with Gasteiger partial charge in [-0.3, -0.25) is 4.79 Å². The molecular weight excluding hydrogens is 260 g/mol. The second kappa shape index (κ2) is 6.38. The second-order valence-electron chi connectivity index (χ2n) is 6.73. The van der Waals surface area contributed by atoms with Crippen LogP contribution in [0.2, 0.25) is 0 Å². The van der Waals surface area contributed by atoms with Gasteiger partial charge in [0, 0.05) is 18.1 Å². The minimum Gasteiger partial charge on any atom is -0.299 e. The molecule has 1 rings (SSSR count). The van der Waals surface area contributed by atoms with Gasteiger partial charge in [0.05, 0.1) is 5.75 Å². The molecule has 1 fully saturated rings. The first kappa shape index (κ1) is 16.7. The molecule has 112 valence electrons. The maximum absolute atomic E-state index is 12.1. The van der Waals surface area contributed by atoms with Crippen LogP contribution in [0.1, 0.15) is 59.8 Å². The summed E-state index contributed by atoms with van der Waals surface area (Å²) in [6, 6.07) is 0. The van der Waals surface area contributed by atoms with Gasteiger partial charge in [-0.25, -0.2) is 8.42 Å². The topological polar surface area (TPSA) is 51.2 Å².